The molecule has 1 aromatic heterocycles. The number of nitrogens with zero attached hydrogens (tertiary/aromatic N) is 3. The molecule has 1 aliphatic rings. The Kier molecular flexibility index (Phi) is 5.99. The summed E-state index contributed by atoms with van der Waals surface area (Å²) < 4.78 is 10.1. The highest BCUT2D eigenvalue weighted by Gasteiger charge is 2.27. The molecule has 1 atom stereocenters. The summed E-state index contributed by atoms with van der Waals surface area (Å²) in [4.78, 5) is 31.0. The Hall–Kier alpha value is -3.32. The highest BCUT2D eigenvalue weighted by Crippen LogP contribution is 2.23. The molecule has 0 amide bonds. The summed E-state index contributed by atoms with van der Waals surface area (Å²) in [5, 5.41) is 4.05. The summed E-state index contributed by atoms with van der Waals surface area (Å²) in [5.41, 5.74) is 1.99. The van der Waals surface area contributed by atoms with Crippen molar-refractivity contribution in [2.75, 3.05) is 20.2 Å². The SMILES string of the molecule is COC(=O)c1ccc(-c2noc(CN3CCC[C@H](C(=O)c4ccccc4)C3)n2)cc1. The topological polar surface area (TPSA) is 85.5 Å². The van der Waals surface area contributed by atoms with Crippen LogP contribution in [-0.4, -0.2) is 47.0 Å². The van der Waals surface area contributed by atoms with Crippen molar-refractivity contribution < 1.29 is 18.8 Å². The highest BCUT2D eigenvalue weighted by atomic mass is 16.5. The second-order valence-corrected chi connectivity index (χ2v) is 7.39. The van der Waals surface area contributed by atoms with Crippen molar-refractivity contribution in [3.05, 3.63) is 71.6 Å². The molecule has 0 saturated carbocycles. The number of ether oxygens (including phenoxy) is 1. The maximum Gasteiger partial charge on any atom is 0.337 e. The van der Waals surface area contributed by atoms with E-state index in [4.69, 9.17) is 9.26 Å². The van der Waals surface area contributed by atoms with Gasteiger partial charge in [-0.05, 0) is 31.5 Å². The van der Waals surface area contributed by atoms with Crippen LogP contribution in [0, 0.1) is 5.92 Å². The van der Waals surface area contributed by atoms with E-state index in [2.05, 4.69) is 15.0 Å². The zero-order valence-corrected chi connectivity index (χ0v) is 16.8. The van der Waals surface area contributed by atoms with Crippen LogP contribution in [0.1, 0.15) is 39.4 Å². The molecule has 0 radical (unpaired) electrons. The van der Waals surface area contributed by atoms with E-state index in [-0.39, 0.29) is 17.7 Å². The van der Waals surface area contributed by atoms with Crippen LogP contribution in [0.5, 0.6) is 0 Å². The normalized spacial score (nSPS) is 16.9. The highest BCUT2D eigenvalue weighted by molar-refractivity contribution is 5.98. The first kappa shape index (κ1) is 20.0. The van der Waals surface area contributed by atoms with Gasteiger partial charge < -0.3 is 9.26 Å². The van der Waals surface area contributed by atoms with Gasteiger partial charge in [-0.25, -0.2) is 4.79 Å². The van der Waals surface area contributed by atoms with Crippen LogP contribution in [0.15, 0.2) is 59.1 Å². The van der Waals surface area contributed by atoms with Crippen molar-refractivity contribution >= 4 is 11.8 Å². The first-order valence-electron chi connectivity index (χ1n) is 9.97. The van der Waals surface area contributed by atoms with Crippen molar-refractivity contribution in [3.8, 4) is 11.4 Å². The van der Waals surface area contributed by atoms with Gasteiger partial charge in [-0.2, -0.15) is 4.98 Å². The van der Waals surface area contributed by atoms with Gasteiger partial charge in [0.1, 0.15) is 0 Å². The lowest BCUT2D eigenvalue weighted by molar-refractivity contribution is 0.0600. The molecule has 2 aromatic carbocycles. The van der Waals surface area contributed by atoms with Crippen molar-refractivity contribution in [1.82, 2.24) is 15.0 Å². The van der Waals surface area contributed by atoms with Gasteiger partial charge in [-0.15, -0.1) is 0 Å². The van der Waals surface area contributed by atoms with Gasteiger partial charge in [0.25, 0.3) is 0 Å². The molecule has 1 fully saturated rings. The molecule has 0 unspecified atom stereocenters. The molecule has 0 aliphatic carbocycles. The lowest BCUT2D eigenvalue weighted by atomic mass is 9.90. The Morgan fingerprint density at radius 1 is 1.10 bits per heavy atom. The van der Waals surface area contributed by atoms with Gasteiger partial charge >= 0.3 is 5.97 Å². The zero-order chi connectivity index (χ0) is 20.9. The van der Waals surface area contributed by atoms with Crippen LogP contribution >= 0.6 is 0 Å². The molecule has 3 aromatic rings. The van der Waals surface area contributed by atoms with E-state index < -0.39 is 0 Å². The van der Waals surface area contributed by atoms with E-state index in [0.717, 1.165) is 30.5 Å². The molecule has 2 heterocycles. The van der Waals surface area contributed by atoms with Crippen LogP contribution < -0.4 is 0 Å². The van der Waals surface area contributed by atoms with Gasteiger partial charge in [0.15, 0.2) is 5.78 Å². The van der Waals surface area contributed by atoms with E-state index in [9.17, 15) is 9.59 Å². The number of ketones is 1. The lowest BCUT2D eigenvalue weighted by Gasteiger charge is -2.30. The first-order chi connectivity index (χ1) is 14.6. The Morgan fingerprint density at radius 2 is 1.87 bits per heavy atom. The largest absolute Gasteiger partial charge is 0.465 e. The fourth-order valence-electron chi connectivity index (χ4n) is 3.75. The fourth-order valence-corrected chi connectivity index (χ4v) is 3.75. The summed E-state index contributed by atoms with van der Waals surface area (Å²) >= 11 is 0. The quantitative estimate of drug-likeness (QED) is 0.457. The van der Waals surface area contributed by atoms with Crippen LogP contribution in [0.25, 0.3) is 11.4 Å². The van der Waals surface area contributed by atoms with E-state index in [0.29, 0.717) is 30.4 Å². The second-order valence-electron chi connectivity index (χ2n) is 7.39. The molecule has 1 aliphatic heterocycles. The average molecular weight is 405 g/mol. The average Bonchev–Trinajstić information content (AvgIpc) is 3.27. The van der Waals surface area contributed by atoms with E-state index in [1.54, 1.807) is 24.3 Å². The zero-order valence-electron chi connectivity index (χ0n) is 16.8. The number of rotatable bonds is 6. The van der Waals surface area contributed by atoms with Crippen molar-refractivity contribution in [3.63, 3.8) is 0 Å². The van der Waals surface area contributed by atoms with E-state index in [1.807, 2.05) is 30.3 Å². The van der Waals surface area contributed by atoms with Crippen molar-refractivity contribution in [2.45, 2.75) is 19.4 Å². The standard InChI is InChI=1S/C23H23N3O4/c1-29-23(28)18-11-9-17(10-12-18)22-24-20(30-25-22)15-26-13-5-8-19(14-26)21(27)16-6-3-2-4-7-16/h2-4,6-7,9-12,19H,5,8,13-15H2,1H3/t19-/m0/s1. The monoisotopic (exact) mass is 405 g/mol. The van der Waals surface area contributed by atoms with Crippen molar-refractivity contribution in [1.29, 1.82) is 0 Å². The predicted octanol–water partition coefficient (Wildman–Crippen LogP) is 3.62. The number of benzene rings is 2. The lowest BCUT2D eigenvalue weighted by Crippen LogP contribution is -2.38. The number of Topliss-reactive ketones (excluding diaryl/α,β-unsaturated/α-hetero) is 1. The second kappa shape index (κ2) is 9.00. The van der Waals surface area contributed by atoms with Crippen LogP contribution in [0.4, 0.5) is 0 Å². The number of carbonyl (C=O) groups is 2. The number of methoxy groups -OCH3 is 1. The number of hydrogen-bond acceptors (Lipinski definition) is 7. The van der Waals surface area contributed by atoms with E-state index >= 15 is 0 Å². The summed E-state index contributed by atoms with van der Waals surface area (Å²) in [6, 6.07) is 16.3. The number of carbonyl (C=O) groups excluding carboxylic acids is 2. The number of aromatic nitrogens is 2. The molecule has 4 rings (SSSR count). The minimum atomic E-state index is -0.389. The van der Waals surface area contributed by atoms with Gasteiger partial charge in [-0.3, -0.25) is 9.69 Å². The predicted molar refractivity (Wildman–Crippen MR) is 110 cm³/mol. The molecule has 7 heteroatoms. The molecule has 154 valence electrons. The molecule has 0 N–H and O–H groups in total. The van der Waals surface area contributed by atoms with E-state index in [1.165, 1.54) is 7.11 Å². The minimum absolute atomic E-state index is 0.0191. The number of hydrogen-bond donors (Lipinski definition) is 0. The number of likely N-dealkylation sites (tertiary alicyclic amines) is 1. The maximum absolute atomic E-state index is 12.8. The summed E-state index contributed by atoms with van der Waals surface area (Å²) in [6.07, 6.45) is 1.85. The molecule has 7 nitrogen and oxygen atoms in total. The Labute approximate surface area is 174 Å². The molecule has 1 saturated heterocycles. The number of esters is 1. The third kappa shape index (κ3) is 4.46. The molecule has 0 bridgehead atoms. The molecular formula is C23H23N3O4. The molecular weight excluding hydrogens is 382 g/mol. The van der Waals surface area contributed by atoms with Gasteiger partial charge in [0, 0.05) is 23.6 Å². The minimum Gasteiger partial charge on any atom is -0.465 e. The van der Waals surface area contributed by atoms with Crippen LogP contribution in [0.3, 0.4) is 0 Å². The smallest absolute Gasteiger partial charge is 0.337 e. The van der Waals surface area contributed by atoms with Gasteiger partial charge in [0.05, 0.1) is 19.2 Å². The third-order valence-electron chi connectivity index (χ3n) is 5.33. The van der Waals surface area contributed by atoms with Crippen molar-refractivity contribution in [2.24, 2.45) is 5.92 Å². The molecule has 30 heavy (non-hydrogen) atoms. The third-order valence-corrected chi connectivity index (χ3v) is 5.33. The summed E-state index contributed by atoms with van der Waals surface area (Å²) in [5.74, 6) is 0.761. The van der Waals surface area contributed by atoms with Gasteiger partial charge in [-0.1, -0.05) is 47.6 Å². The molecule has 0 spiro atoms. The van der Waals surface area contributed by atoms with Crippen LogP contribution in [0.2, 0.25) is 0 Å². The maximum atomic E-state index is 12.8. The first-order valence-corrected chi connectivity index (χ1v) is 9.97. The Bertz CT molecular complexity index is 1010. The summed E-state index contributed by atoms with van der Waals surface area (Å²) in [7, 11) is 1.35. The fraction of sp³-hybridized carbons (Fsp3) is 0.304. The Balaban J connectivity index is 1.40. The summed E-state index contributed by atoms with van der Waals surface area (Å²) in [6.45, 7) is 2.08. The Morgan fingerprint density at radius 3 is 2.60 bits per heavy atom. The number of piperidine rings is 1. The van der Waals surface area contributed by atoms with Crippen LogP contribution in [-0.2, 0) is 11.3 Å². The van der Waals surface area contributed by atoms with Gasteiger partial charge in [0.2, 0.25) is 11.7 Å².